The van der Waals surface area contributed by atoms with Crippen LogP contribution in [-0.2, 0) is 11.4 Å². The van der Waals surface area contributed by atoms with Crippen molar-refractivity contribution in [1.82, 2.24) is 9.88 Å². The Labute approximate surface area is 222 Å². The molecule has 2 heterocycles. The number of pyridine rings is 1. The molecule has 1 aliphatic heterocycles. The van der Waals surface area contributed by atoms with Gasteiger partial charge in [-0.15, -0.1) is 0 Å². The highest BCUT2D eigenvalue weighted by molar-refractivity contribution is 9.10. The minimum atomic E-state index is -0.518. The molecule has 0 N–H and O–H groups in total. The van der Waals surface area contributed by atoms with Crippen LogP contribution in [0, 0.1) is 0 Å². The van der Waals surface area contributed by atoms with Gasteiger partial charge in [-0.3, -0.25) is 24.3 Å². The average Bonchev–Trinajstić information content (AvgIpc) is 3.11. The Balaban J connectivity index is 1.51. The van der Waals surface area contributed by atoms with E-state index in [1.54, 1.807) is 48.7 Å². The van der Waals surface area contributed by atoms with Crippen molar-refractivity contribution in [3.63, 3.8) is 0 Å². The van der Waals surface area contributed by atoms with Crippen molar-refractivity contribution in [2.24, 2.45) is 0 Å². The summed E-state index contributed by atoms with van der Waals surface area (Å²) in [6.45, 7) is -0.0720. The normalized spacial score (nSPS) is 14.5. The number of halogens is 2. The highest BCUT2D eigenvalue weighted by Crippen LogP contribution is 2.39. The molecule has 1 fully saturated rings. The monoisotopic (exact) mass is 616 g/mol. The number of Topliss-reactive ketones (excluding diaryl/α,β-unsaturated/α-hetero) is 1. The molecule has 35 heavy (non-hydrogen) atoms. The summed E-state index contributed by atoms with van der Waals surface area (Å²) in [5, 5.41) is -0.493. The van der Waals surface area contributed by atoms with E-state index in [4.69, 9.17) is 9.47 Å². The highest BCUT2D eigenvalue weighted by atomic mass is 79.9. The zero-order valence-corrected chi connectivity index (χ0v) is 22.4. The van der Waals surface area contributed by atoms with E-state index in [2.05, 4.69) is 36.8 Å². The molecule has 0 saturated carbocycles. The molecule has 0 bridgehead atoms. The van der Waals surface area contributed by atoms with E-state index < -0.39 is 11.1 Å². The number of aromatic nitrogens is 1. The van der Waals surface area contributed by atoms with E-state index in [1.807, 2.05) is 18.2 Å². The van der Waals surface area contributed by atoms with Crippen LogP contribution >= 0.6 is 43.6 Å². The minimum absolute atomic E-state index is 0.217. The molecule has 2 aromatic carbocycles. The van der Waals surface area contributed by atoms with Crippen molar-refractivity contribution in [3.05, 3.63) is 91.5 Å². The predicted molar refractivity (Wildman–Crippen MR) is 140 cm³/mol. The van der Waals surface area contributed by atoms with Gasteiger partial charge in [-0.1, -0.05) is 34.1 Å². The molecule has 1 aromatic heterocycles. The van der Waals surface area contributed by atoms with E-state index in [1.165, 1.54) is 7.11 Å². The van der Waals surface area contributed by atoms with E-state index in [0.717, 1.165) is 26.8 Å². The zero-order valence-electron chi connectivity index (χ0n) is 18.4. The van der Waals surface area contributed by atoms with Crippen molar-refractivity contribution in [2.75, 3.05) is 13.7 Å². The maximum Gasteiger partial charge on any atom is 0.293 e. The van der Waals surface area contributed by atoms with E-state index in [9.17, 15) is 14.4 Å². The molecular weight excluding hydrogens is 600 g/mol. The largest absolute Gasteiger partial charge is 0.493 e. The lowest BCUT2D eigenvalue weighted by molar-refractivity contribution is -0.122. The van der Waals surface area contributed by atoms with Crippen LogP contribution in [-0.4, -0.2) is 40.5 Å². The topological polar surface area (TPSA) is 85.8 Å². The first kappa shape index (κ1) is 25.2. The molecule has 0 spiro atoms. The minimum Gasteiger partial charge on any atom is -0.493 e. The van der Waals surface area contributed by atoms with Crippen molar-refractivity contribution in [3.8, 4) is 11.5 Å². The maximum atomic E-state index is 12.9. The third-order valence-electron chi connectivity index (χ3n) is 4.98. The number of thioether (sulfide) groups is 1. The number of ether oxygens (including phenoxy) is 2. The van der Waals surface area contributed by atoms with Gasteiger partial charge < -0.3 is 9.47 Å². The van der Waals surface area contributed by atoms with E-state index in [-0.39, 0.29) is 23.8 Å². The summed E-state index contributed by atoms with van der Waals surface area (Å²) in [6.07, 6.45) is 3.28. The summed E-state index contributed by atoms with van der Waals surface area (Å²) < 4.78 is 12.8. The Bertz CT molecular complexity index is 1310. The Morgan fingerprint density at radius 2 is 1.89 bits per heavy atom. The molecule has 1 saturated heterocycles. The SMILES string of the molecule is COc1cc(/C=C2/SC(=O)N(CC(=O)c3ccc(Br)cc3)C2=O)cc(Br)c1OCc1ccccn1. The molecule has 0 aliphatic carbocycles. The maximum absolute atomic E-state index is 12.9. The lowest BCUT2D eigenvalue weighted by Crippen LogP contribution is -2.33. The number of hydrogen-bond donors (Lipinski definition) is 0. The number of methoxy groups -OCH3 is 1. The third-order valence-corrected chi connectivity index (χ3v) is 7.01. The van der Waals surface area contributed by atoms with Gasteiger partial charge in [0.25, 0.3) is 11.1 Å². The second-order valence-corrected chi connectivity index (χ2v) is 10.1. The number of carbonyl (C=O) groups is 3. The number of amides is 2. The van der Waals surface area contributed by atoms with Gasteiger partial charge in [0, 0.05) is 16.2 Å². The van der Waals surface area contributed by atoms with Crippen molar-refractivity contribution >= 4 is 66.6 Å². The summed E-state index contributed by atoms with van der Waals surface area (Å²) in [5.74, 6) is 0.102. The molecule has 4 rings (SSSR count). The van der Waals surface area contributed by atoms with Crippen molar-refractivity contribution < 1.29 is 23.9 Å². The summed E-state index contributed by atoms with van der Waals surface area (Å²) in [4.78, 5) is 43.3. The fourth-order valence-electron chi connectivity index (χ4n) is 3.25. The van der Waals surface area contributed by atoms with E-state index in [0.29, 0.717) is 27.1 Å². The molecule has 2 amide bonds. The smallest absolute Gasteiger partial charge is 0.293 e. The number of ketones is 1. The van der Waals surface area contributed by atoms with Crippen LogP contribution in [0.5, 0.6) is 11.5 Å². The van der Waals surface area contributed by atoms with Crippen molar-refractivity contribution in [2.45, 2.75) is 6.61 Å². The average molecular weight is 618 g/mol. The van der Waals surface area contributed by atoms with Crippen LogP contribution in [0.15, 0.2) is 74.6 Å². The first-order chi connectivity index (χ1) is 16.9. The molecular formula is C25H18Br2N2O5S. The van der Waals surface area contributed by atoms with Gasteiger partial charge in [-0.25, -0.2) is 0 Å². The van der Waals surface area contributed by atoms with Crippen molar-refractivity contribution in [1.29, 1.82) is 0 Å². The molecule has 0 unspecified atom stereocenters. The second kappa shape index (κ2) is 11.2. The zero-order chi connectivity index (χ0) is 24.9. The first-order valence-corrected chi connectivity index (χ1v) is 12.7. The lowest BCUT2D eigenvalue weighted by Gasteiger charge is -2.13. The molecule has 1 aliphatic rings. The van der Waals surface area contributed by atoms with Crippen LogP contribution in [0.2, 0.25) is 0 Å². The summed E-state index contributed by atoms with van der Waals surface area (Å²) >= 11 is 7.60. The number of nitrogens with zero attached hydrogens (tertiary/aromatic N) is 2. The third kappa shape index (κ3) is 6.01. The van der Waals surface area contributed by atoms with Crippen LogP contribution in [0.25, 0.3) is 6.08 Å². The fraction of sp³-hybridized carbons (Fsp3) is 0.120. The fourth-order valence-corrected chi connectivity index (χ4v) is 4.93. The number of imide groups is 1. The van der Waals surface area contributed by atoms with Gasteiger partial charge in [0.15, 0.2) is 17.3 Å². The number of benzene rings is 2. The van der Waals surface area contributed by atoms with Gasteiger partial charge in [-0.2, -0.15) is 0 Å². The predicted octanol–water partition coefficient (Wildman–Crippen LogP) is 6.11. The van der Waals surface area contributed by atoms with Gasteiger partial charge in [0.2, 0.25) is 0 Å². The van der Waals surface area contributed by atoms with Crippen LogP contribution in [0.1, 0.15) is 21.6 Å². The van der Waals surface area contributed by atoms with Gasteiger partial charge in [0.1, 0.15) is 6.61 Å². The number of rotatable bonds is 8. The Morgan fingerprint density at radius 1 is 1.11 bits per heavy atom. The Kier molecular flexibility index (Phi) is 8.04. The van der Waals surface area contributed by atoms with Crippen LogP contribution in [0.4, 0.5) is 4.79 Å². The first-order valence-electron chi connectivity index (χ1n) is 10.3. The molecule has 0 atom stereocenters. The quantitative estimate of drug-likeness (QED) is 0.223. The van der Waals surface area contributed by atoms with E-state index >= 15 is 0 Å². The number of carbonyl (C=O) groups excluding carboxylic acids is 3. The molecule has 7 nitrogen and oxygen atoms in total. The molecule has 0 radical (unpaired) electrons. The Hall–Kier alpha value is -2.95. The van der Waals surface area contributed by atoms with Gasteiger partial charge in [0.05, 0.1) is 28.7 Å². The molecule has 10 heteroatoms. The number of hydrogen-bond acceptors (Lipinski definition) is 7. The van der Waals surface area contributed by atoms with Gasteiger partial charge in [-0.05, 0) is 75.7 Å². The Morgan fingerprint density at radius 3 is 2.57 bits per heavy atom. The standard InChI is InChI=1S/C25H18Br2N2O5S/c1-33-21-11-15(10-19(27)23(21)34-14-18-4-2-3-9-28-18)12-22-24(31)29(25(32)35-22)13-20(30)16-5-7-17(26)8-6-16/h2-12H,13-14H2,1H3/b22-12+. The summed E-state index contributed by atoms with van der Waals surface area (Å²) in [5.41, 5.74) is 1.81. The molecule has 178 valence electrons. The van der Waals surface area contributed by atoms with Crippen LogP contribution in [0.3, 0.4) is 0 Å². The van der Waals surface area contributed by atoms with Crippen LogP contribution < -0.4 is 9.47 Å². The summed E-state index contributed by atoms with van der Waals surface area (Å²) in [7, 11) is 1.51. The second-order valence-electron chi connectivity index (χ2n) is 7.34. The highest BCUT2D eigenvalue weighted by Gasteiger charge is 2.36. The molecule has 3 aromatic rings. The summed E-state index contributed by atoms with van der Waals surface area (Å²) in [6, 6.07) is 15.8. The van der Waals surface area contributed by atoms with Gasteiger partial charge >= 0.3 is 0 Å². The lowest BCUT2D eigenvalue weighted by atomic mass is 10.1.